The zero-order chi connectivity index (χ0) is 11.3. The van der Waals surface area contributed by atoms with E-state index in [1.165, 1.54) is 0 Å². The van der Waals surface area contributed by atoms with Gasteiger partial charge in [0, 0.05) is 37.0 Å². The van der Waals surface area contributed by atoms with Crippen LogP contribution >= 0.6 is 0 Å². The van der Waals surface area contributed by atoms with Crippen molar-refractivity contribution in [2.24, 2.45) is 0 Å². The van der Waals surface area contributed by atoms with Crippen LogP contribution in [0.25, 0.3) is 0 Å². The first-order chi connectivity index (χ1) is 7.22. The normalized spacial score (nSPS) is 10.3. The highest BCUT2D eigenvalue weighted by molar-refractivity contribution is 5.53. The van der Waals surface area contributed by atoms with Crippen LogP contribution in [0.15, 0.2) is 18.2 Å². The highest BCUT2D eigenvalue weighted by Gasteiger charge is 2.05. The van der Waals surface area contributed by atoms with Gasteiger partial charge in [-0.1, -0.05) is 6.07 Å². The Bertz CT molecular complexity index is 308. The first kappa shape index (κ1) is 11.9. The Labute approximate surface area is 91.7 Å². The van der Waals surface area contributed by atoms with Gasteiger partial charge in [0.05, 0.1) is 0 Å². The summed E-state index contributed by atoms with van der Waals surface area (Å²) in [5.74, 6) is 0.369. The van der Waals surface area contributed by atoms with Crippen molar-refractivity contribution in [2.45, 2.75) is 20.4 Å². The molecular formula is C12H20N2O. The molecule has 0 aliphatic carbocycles. The van der Waals surface area contributed by atoms with Crippen LogP contribution in [0.3, 0.4) is 0 Å². The van der Waals surface area contributed by atoms with Gasteiger partial charge < -0.3 is 15.3 Å². The third-order valence-electron chi connectivity index (χ3n) is 2.56. The third-order valence-corrected chi connectivity index (χ3v) is 2.56. The maximum Gasteiger partial charge on any atom is 0.122 e. The second-order valence-electron chi connectivity index (χ2n) is 3.52. The van der Waals surface area contributed by atoms with E-state index in [0.29, 0.717) is 12.3 Å². The predicted molar refractivity (Wildman–Crippen MR) is 64.4 cm³/mol. The first-order valence-electron chi connectivity index (χ1n) is 5.44. The monoisotopic (exact) mass is 208 g/mol. The highest BCUT2D eigenvalue weighted by atomic mass is 16.3. The van der Waals surface area contributed by atoms with Crippen molar-refractivity contribution in [3.8, 4) is 5.75 Å². The molecule has 84 valence electrons. The van der Waals surface area contributed by atoms with E-state index in [0.717, 1.165) is 24.3 Å². The summed E-state index contributed by atoms with van der Waals surface area (Å²) in [5.41, 5.74) is 2.02. The number of nitrogens with zero attached hydrogens (tertiary/aromatic N) is 1. The minimum Gasteiger partial charge on any atom is -0.508 e. The van der Waals surface area contributed by atoms with Crippen molar-refractivity contribution in [1.82, 2.24) is 5.32 Å². The molecule has 0 fully saturated rings. The van der Waals surface area contributed by atoms with Gasteiger partial charge in [0.15, 0.2) is 0 Å². The van der Waals surface area contributed by atoms with Gasteiger partial charge in [0.25, 0.3) is 0 Å². The quantitative estimate of drug-likeness (QED) is 0.776. The first-order valence-corrected chi connectivity index (χ1v) is 5.44. The summed E-state index contributed by atoms with van der Waals surface area (Å²) in [7, 11) is 1.87. The lowest BCUT2D eigenvalue weighted by Gasteiger charge is -2.21. The molecule has 0 amide bonds. The number of phenols is 1. The maximum absolute atomic E-state index is 9.80. The summed E-state index contributed by atoms with van der Waals surface area (Å²) < 4.78 is 0. The summed E-state index contributed by atoms with van der Waals surface area (Å²) in [6, 6.07) is 5.86. The lowest BCUT2D eigenvalue weighted by molar-refractivity contribution is 0.466. The van der Waals surface area contributed by atoms with Crippen LogP contribution in [0, 0.1) is 0 Å². The molecule has 0 heterocycles. The van der Waals surface area contributed by atoms with Gasteiger partial charge in [-0.3, -0.25) is 0 Å². The molecule has 0 saturated carbocycles. The van der Waals surface area contributed by atoms with Gasteiger partial charge in [-0.15, -0.1) is 0 Å². The summed E-state index contributed by atoms with van der Waals surface area (Å²) in [4.78, 5) is 2.21. The molecule has 0 aliphatic rings. The van der Waals surface area contributed by atoms with Crippen molar-refractivity contribution >= 4 is 5.69 Å². The molecule has 0 aromatic heterocycles. The van der Waals surface area contributed by atoms with Gasteiger partial charge >= 0.3 is 0 Å². The van der Waals surface area contributed by atoms with Crippen LogP contribution in [0.4, 0.5) is 5.69 Å². The van der Waals surface area contributed by atoms with E-state index in [1.807, 2.05) is 19.2 Å². The molecule has 1 aromatic rings. The number of phenolic OH excluding ortho intramolecular Hbond substituents is 1. The average molecular weight is 208 g/mol. The Hall–Kier alpha value is -1.22. The Morgan fingerprint density at radius 3 is 2.40 bits per heavy atom. The molecule has 0 spiro atoms. The topological polar surface area (TPSA) is 35.5 Å². The van der Waals surface area contributed by atoms with Gasteiger partial charge in [-0.05, 0) is 27.0 Å². The average Bonchev–Trinajstić information content (AvgIpc) is 2.24. The smallest absolute Gasteiger partial charge is 0.122 e. The number of nitrogens with one attached hydrogen (secondary N) is 1. The van der Waals surface area contributed by atoms with Crippen molar-refractivity contribution in [1.29, 1.82) is 0 Å². The second-order valence-corrected chi connectivity index (χ2v) is 3.52. The second kappa shape index (κ2) is 5.61. The van der Waals surface area contributed by atoms with Crippen LogP contribution in [-0.2, 0) is 6.54 Å². The molecule has 0 aliphatic heterocycles. The molecule has 0 atom stereocenters. The molecule has 3 nitrogen and oxygen atoms in total. The maximum atomic E-state index is 9.80. The van der Waals surface area contributed by atoms with E-state index in [9.17, 15) is 5.11 Å². The van der Waals surface area contributed by atoms with Crippen LogP contribution < -0.4 is 10.2 Å². The molecule has 0 saturated heterocycles. The zero-order valence-electron chi connectivity index (χ0n) is 9.75. The van der Waals surface area contributed by atoms with E-state index < -0.39 is 0 Å². The summed E-state index contributed by atoms with van der Waals surface area (Å²) in [6.45, 7) is 6.84. The number of anilines is 1. The number of hydrogen-bond donors (Lipinski definition) is 2. The number of aromatic hydroxyl groups is 1. The van der Waals surface area contributed by atoms with Crippen LogP contribution in [-0.4, -0.2) is 25.2 Å². The largest absolute Gasteiger partial charge is 0.508 e. The fraction of sp³-hybridized carbons (Fsp3) is 0.500. The number of benzene rings is 1. The van der Waals surface area contributed by atoms with Crippen LogP contribution in [0.1, 0.15) is 19.4 Å². The number of hydrogen-bond acceptors (Lipinski definition) is 3. The minimum atomic E-state index is 0.369. The fourth-order valence-corrected chi connectivity index (χ4v) is 1.68. The fourth-order valence-electron chi connectivity index (χ4n) is 1.68. The summed E-state index contributed by atoms with van der Waals surface area (Å²) in [6.07, 6.45) is 0. The standard InChI is InChI=1S/C12H20N2O/c1-4-14(5-2)11-7-6-10(9-13-3)12(15)8-11/h6-8,13,15H,4-5,9H2,1-3H3. The summed E-state index contributed by atoms with van der Waals surface area (Å²) in [5, 5.41) is 12.8. The van der Waals surface area contributed by atoms with E-state index in [-0.39, 0.29) is 0 Å². The van der Waals surface area contributed by atoms with Gasteiger partial charge in [0.2, 0.25) is 0 Å². The van der Waals surface area contributed by atoms with Crippen molar-refractivity contribution in [3.63, 3.8) is 0 Å². The predicted octanol–water partition coefficient (Wildman–Crippen LogP) is 1.96. The molecule has 1 rings (SSSR count). The number of rotatable bonds is 5. The molecule has 0 bridgehead atoms. The Kier molecular flexibility index (Phi) is 4.43. The molecule has 15 heavy (non-hydrogen) atoms. The molecule has 0 radical (unpaired) electrons. The van der Waals surface area contributed by atoms with Crippen molar-refractivity contribution < 1.29 is 5.11 Å². The van der Waals surface area contributed by atoms with Crippen LogP contribution in [0.2, 0.25) is 0 Å². The van der Waals surface area contributed by atoms with Crippen LogP contribution in [0.5, 0.6) is 5.75 Å². The Morgan fingerprint density at radius 2 is 1.93 bits per heavy atom. The Morgan fingerprint density at radius 1 is 1.27 bits per heavy atom. The zero-order valence-corrected chi connectivity index (χ0v) is 9.75. The van der Waals surface area contributed by atoms with Crippen molar-refractivity contribution in [2.75, 3.05) is 25.0 Å². The minimum absolute atomic E-state index is 0.369. The van der Waals surface area contributed by atoms with E-state index in [2.05, 4.69) is 30.1 Å². The molecule has 2 N–H and O–H groups in total. The van der Waals surface area contributed by atoms with E-state index in [1.54, 1.807) is 0 Å². The lowest BCUT2D eigenvalue weighted by Crippen LogP contribution is -2.21. The van der Waals surface area contributed by atoms with E-state index in [4.69, 9.17) is 0 Å². The lowest BCUT2D eigenvalue weighted by atomic mass is 10.1. The molecule has 0 unspecified atom stereocenters. The van der Waals surface area contributed by atoms with Gasteiger partial charge in [-0.25, -0.2) is 0 Å². The molecule has 3 heteroatoms. The SMILES string of the molecule is CCN(CC)c1ccc(CNC)c(O)c1. The summed E-state index contributed by atoms with van der Waals surface area (Å²) >= 11 is 0. The van der Waals surface area contributed by atoms with Crippen molar-refractivity contribution in [3.05, 3.63) is 23.8 Å². The molecule has 1 aromatic carbocycles. The van der Waals surface area contributed by atoms with Gasteiger partial charge in [-0.2, -0.15) is 0 Å². The molecular weight excluding hydrogens is 188 g/mol. The van der Waals surface area contributed by atoms with E-state index >= 15 is 0 Å². The highest BCUT2D eigenvalue weighted by Crippen LogP contribution is 2.24. The Balaban J connectivity index is 2.89. The van der Waals surface area contributed by atoms with Gasteiger partial charge in [0.1, 0.15) is 5.75 Å². The third kappa shape index (κ3) is 2.86.